The summed E-state index contributed by atoms with van der Waals surface area (Å²) in [5.41, 5.74) is 4.22. The minimum Gasteiger partial charge on any atom is -0.330 e. The van der Waals surface area contributed by atoms with Crippen LogP contribution in [0.5, 0.6) is 0 Å². The lowest BCUT2D eigenvalue weighted by Gasteiger charge is -2.03. The molecule has 0 aromatic heterocycles. The number of benzene rings is 1. The van der Waals surface area contributed by atoms with Crippen molar-refractivity contribution in [3.8, 4) is 0 Å². The van der Waals surface area contributed by atoms with Gasteiger partial charge in [-0.05, 0) is 25.5 Å². The van der Waals surface area contributed by atoms with Crippen LogP contribution in [0.4, 0.5) is 14.5 Å². The third kappa shape index (κ3) is 2.47. The maximum atomic E-state index is 13.4. The van der Waals surface area contributed by atoms with E-state index in [1.807, 2.05) is 0 Å². The van der Waals surface area contributed by atoms with Crippen molar-refractivity contribution in [3.63, 3.8) is 0 Å². The molecule has 1 rings (SSSR count). The monoisotopic (exact) mass is 216 g/mol. The maximum absolute atomic E-state index is 13.4. The Morgan fingerprint density at radius 3 is 2.60 bits per heavy atom. The molecule has 0 heterocycles. The zero-order chi connectivity index (χ0) is 11.4. The lowest BCUT2D eigenvalue weighted by Crippen LogP contribution is -2.05. The molecule has 82 valence electrons. The van der Waals surface area contributed by atoms with Crippen molar-refractivity contribution in [1.29, 1.82) is 0 Å². The van der Waals surface area contributed by atoms with Crippen LogP contribution in [-0.2, 0) is 6.42 Å². The highest BCUT2D eigenvalue weighted by Crippen LogP contribution is 2.23. The molecule has 0 aliphatic rings. The number of rotatable bonds is 4. The van der Waals surface area contributed by atoms with Crippen LogP contribution in [0.25, 0.3) is 0 Å². The molecule has 0 aliphatic heterocycles. The van der Waals surface area contributed by atoms with Crippen molar-refractivity contribution in [3.05, 3.63) is 39.4 Å². The quantitative estimate of drug-likeness (QED) is 0.615. The van der Waals surface area contributed by atoms with Crippen molar-refractivity contribution in [2.24, 2.45) is 5.73 Å². The van der Waals surface area contributed by atoms with Crippen LogP contribution in [0.1, 0.15) is 12.0 Å². The fourth-order valence-electron chi connectivity index (χ4n) is 1.23. The molecule has 15 heavy (non-hydrogen) atoms. The SMILES string of the molecule is NCCCc1c(F)ccc([N+](=O)[O-])c1F. The van der Waals surface area contributed by atoms with E-state index < -0.39 is 22.2 Å². The van der Waals surface area contributed by atoms with Gasteiger partial charge in [-0.25, -0.2) is 4.39 Å². The van der Waals surface area contributed by atoms with Gasteiger partial charge in [0.15, 0.2) is 0 Å². The van der Waals surface area contributed by atoms with Crippen molar-refractivity contribution in [2.45, 2.75) is 12.8 Å². The van der Waals surface area contributed by atoms with Gasteiger partial charge in [-0.3, -0.25) is 10.1 Å². The van der Waals surface area contributed by atoms with E-state index in [0.29, 0.717) is 6.42 Å². The highest BCUT2D eigenvalue weighted by Gasteiger charge is 2.20. The summed E-state index contributed by atoms with van der Waals surface area (Å²) in [4.78, 5) is 9.50. The highest BCUT2D eigenvalue weighted by molar-refractivity contribution is 5.37. The van der Waals surface area contributed by atoms with Gasteiger partial charge in [0.25, 0.3) is 0 Å². The Balaban J connectivity index is 3.12. The van der Waals surface area contributed by atoms with Gasteiger partial charge >= 0.3 is 5.69 Å². The molecule has 0 atom stereocenters. The van der Waals surface area contributed by atoms with Crippen LogP contribution in [0.2, 0.25) is 0 Å². The van der Waals surface area contributed by atoms with Crippen molar-refractivity contribution in [1.82, 2.24) is 0 Å². The minimum atomic E-state index is -1.10. The zero-order valence-electron chi connectivity index (χ0n) is 7.87. The van der Waals surface area contributed by atoms with E-state index in [2.05, 4.69) is 0 Å². The largest absolute Gasteiger partial charge is 0.330 e. The van der Waals surface area contributed by atoms with Gasteiger partial charge < -0.3 is 5.73 Å². The molecule has 0 fully saturated rings. The summed E-state index contributed by atoms with van der Waals surface area (Å²) >= 11 is 0. The molecule has 0 saturated heterocycles. The van der Waals surface area contributed by atoms with Crippen molar-refractivity contribution < 1.29 is 13.7 Å². The maximum Gasteiger partial charge on any atom is 0.305 e. The second-order valence-corrected chi connectivity index (χ2v) is 3.01. The van der Waals surface area contributed by atoms with Crippen molar-refractivity contribution in [2.75, 3.05) is 6.54 Å². The van der Waals surface area contributed by atoms with E-state index >= 15 is 0 Å². The van der Waals surface area contributed by atoms with Crippen LogP contribution in [0, 0.1) is 21.7 Å². The zero-order valence-corrected chi connectivity index (χ0v) is 7.87. The summed E-state index contributed by atoms with van der Waals surface area (Å²) in [6.45, 7) is 0.279. The molecule has 0 aliphatic carbocycles. The fourth-order valence-corrected chi connectivity index (χ4v) is 1.23. The van der Waals surface area contributed by atoms with Crippen LogP contribution < -0.4 is 5.73 Å². The van der Waals surface area contributed by atoms with Gasteiger partial charge in [0.05, 0.1) is 4.92 Å². The first-order valence-corrected chi connectivity index (χ1v) is 4.39. The Morgan fingerprint density at radius 2 is 2.07 bits per heavy atom. The van der Waals surface area contributed by atoms with Gasteiger partial charge in [-0.2, -0.15) is 4.39 Å². The third-order valence-electron chi connectivity index (χ3n) is 1.99. The highest BCUT2D eigenvalue weighted by atomic mass is 19.1. The Hall–Kier alpha value is -1.56. The van der Waals surface area contributed by atoms with E-state index in [-0.39, 0.29) is 18.5 Å². The molecule has 0 unspecified atom stereocenters. The van der Waals surface area contributed by atoms with E-state index in [0.717, 1.165) is 12.1 Å². The predicted molar refractivity (Wildman–Crippen MR) is 50.4 cm³/mol. The number of hydrogen-bond donors (Lipinski definition) is 1. The molecular weight excluding hydrogens is 206 g/mol. The molecule has 0 amide bonds. The van der Waals surface area contributed by atoms with E-state index in [9.17, 15) is 18.9 Å². The Kier molecular flexibility index (Phi) is 3.68. The molecule has 0 bridgehead atoms. The number of halogens is 2. The second-order valence-electron chi connectivity index (χ2n) is 3.01. The summed E-state index contributed by atoms with van der Waals surface area (Å²) in [7, 11) is 0. The average molecular weight is 216 g/mol. The number of nitro benzene ring substituents is 1. The molecule has 2 N–H and O–H groups in total. The first kappa shape index (κ1) is 11.5. The first-order chi connectivity index (χ1) is 7.07. The minimum absolute atomic E-state index is 0.0653. The topological polar surface area (TPSA) is 69.2 Å². The Bertz CT molecular complexity index is 383. The van der Waals surface area contributed by atoms with Gasteiger partial charge in [0.2, 0.25) is 5.82 Å². The summed E-state index contributed by atoms with van der Waals surface area (Å²) in [5, 5.41) is 10.4. The number of hydrogen-bond acceptors (Lipinski definition) is 3. The van der Waals surface area contributed by atoms with Gasteiger partial charge in [-0.15, -0.1) is 0 Å². The normalized spacial score (nSPS) is 10.3. The molecule has 4 nitrogen and oxygen atoms in total. The lowest BCUT2D eigenvalue weighted by molar-refractivity contribution is -0.387. The Labute approximate surface area is 84.9 Å². The predicted octanol–water partition coefficient (Wildman–Crippen LogP) is 1.76. The van der Waals surface area contributed by atoms with Gasteiger partial charge in [0, 0.05) is 11.6 Å². The van der Waals surface area contributed by atoms with Crippen LogP contribution in [-0.4, -0.2) is 11.5 Å². The smallest absolute Gasteiger partial charge is 0.305 e. The number of nitrogens with two attached hydrogens (primary N) is 1. The van der Waals surface area contributed by atoms with E-state index in [1.165, 1.54) is 0 Å². The third-order valence-corrected chi connectivity index (χ3v) is 1.99. The van der Waals surface area contributed by atoms with Crippen LogP contribution in [0.3, 0.4) is 0 Å². The average Bonchev–Trinajstić information content (AvgIpc) is 2.17. The second kappa shape index (κ2) is 4.79. The first-order valence-electron chi connectivity index (χ1n) is 4.39. The summed E-state index contributed by atoms with van der Waals surface area (Å²) in [6, 6.07) is 1.71. The van der Waals surface area contributed by atoms with E-state index in [4.69, 9.17) is 5.73 Å². The fraction of sp³-hybridized carbons (Fsp3) is 0.333. The molecule has 1 aromatic rings. The van der Waals surface area contributed by atoms with Crippen LogP contribution in [0.15, 0.2) is 12.1 Å². The van der Waals surface area contributed by atoms with Gasteiger partial charge in [-0.1, -0.05) is 0 Å². The number of nitrogens with zero attached hydrogens (tertiary/aromatic N) is 1. The summed E-state index contributed by atoms with van der Waals surface area (Å²) < 4.78 is 26.5. The molecule has 0 saturated carbocycles. The Morgan fingerprint density at radius 1 is 1.40 bits per heavy atom. The van der Waals surface area contributed by atoms with E-state index in [1.54, 1.807) is 0 Å². The molecule has 6 heteroatoms. The molecular formula is C9H10F2N2O2. The molecule has 0 radical (unpaired) electrons. The molecule has 0 spiro atoms. The standard InChI is InChI=1S/C9H10F2N2O2/c10-7-3-4-8(13(14)15)9(11)6(7)2-1-5-12/h3-4H,1-2,5,12H2. The summed E-state index contributed by atoms with van der Waals surface area (Å²) in [6.07, 6.45) is 0.449. The van der Waals surface area contributed by atoms with Crippen LogP contribution >= 0.6 is 0 Å². The number of nitro groups is 1. The summed E-state index contributed by atoms with van der Waals surface area (Å²) in [5.74, 6) is -1.87. The van der Waals surface area contributed by atoms with Crippen molar-refractivity contribution >= 4 is 5.69 Å². The lowest BCUT2D eigenvalue weighted by atomic mass is 10.1. The van der Waals surface area contributed by atoms with Gasteiger partial charge in [0.1, 0.15) is 5.82 Å². The molecule has 1 aromatic carbocycles.